The van der Waals surface area contributed by atoms with E-state index in [9.17, 15) is 9.59 Å². The Morgan fingerprint density at radius 3 is 2.56 bits per heavy atom. The molecule has 0 aliphatic carbocycles. The fourth-order valence-electron chi connectivity index (χ4n) is 3.48. The van der Waals surface area contributed by atoms with Crippen LogP contribution in [0, 0.1) is 11.3 Å². The summed E-state index contributed by atoms with van der Waals surface area (Å²) in [7, 11) is 0. The third kappa shape index (κ3) is 4.90. The second kappa shape index (κ2) is 8.73. The van der Waals surface area contributed by atoms with E-state index in [1.54, 1.807) is 47.5 Å². The number of fused-ring (bicyclic) bond motifs is 1. The lowest BCUT2D eigenvalue weighted by Crippen LogP contribution is -2.34. The molecule has 1 unspecified atom stereocenters. The number of hydrogen-bond donors (Lipinski definition) is 1. The first kappa shape index (κ1) is 21.4. The summed E-state index contributed by atoms with van der Waals surface area (Å²) in [4.78, 5) is 26.2. The number of benzene rings is 2. The van der Waals surface area contributed by atoms with Gasteiger partial charge in [-0.15, -0.1) is 0 Å². The van der Waals surface area contributed by atoms with Gasteiger partial charge in [0, 0.05) is 32.2 Å². The van der Waals surface area contributed by atoms with Crippen LogP contribution in [0.4, 0.5) is 0 Å². The molecule has 2 heterocycles. The third-order valence-corrected chi connectivity index (χ3v) is 5.09. The maximum Gasteiger partial charge on any atom is 0.264 e. The van der Waals surface area contributed by atoms with Crippen molar-refractivity contribution in [3.8, 4) is 11.8 Å². The zero-order valence-electron chi connectivity index (χ0n) is 17.8. The largest absolute Gasteiger partial charge is 0.484 e. The number of carbonyl (C=O) groups is 2. The summed E-state index contributed by atoms with van der Waals surface area (Å²) in [6, 6.07) is 15.6. The molecule has 0 bridgehead atoms. The topological polar surface area (TPSA) is 101 Å². The number of nitrogens with one attached hydrogen (secondary N) is 1. The summed E-state index contributed by atoms with van der Waals surface area (Å²) in [5.74, 6) is 0.152. The van der Waals surface area contributed by atoms with E-state index in [0.717, 1.165) is 5.56 Å². The molecular weight excluding hydrogens is 410 g/mol. The summed E-state index contributed by atoms with van der Waals surface area (Å²) in [5.41, 5.74) is 1.88. The minimum atomic E-state index is -0.661. The van der Waals surface area contributed by atoms with Gasteiger partial charge < -0.3 is 24.4 Å². The minimum absolute atomic E-state index is 0.103. The molecule has 1 fully saturated rings. The number of rotatable bonds is 6. The van der Waals surface area contributed by atoms with Crippen LogP contribution in [0.3, 0.4) is 0 Å². The molecule has 8 nitrogen and oxygen atoms in total. The first-order valence-corrected chi connectivity index (χ1v) is 10.2. The molecule has 2 amide bonds. The van der Waals surface area contributed by atoms with Crippen molar-refractivity contribution in [2.45, 2.75) is 32.3 Å². The summed E-state index contributed by atoms with van der Waals surface area (Å²) < 4.78 is 17.0. The van der Waals surface area contributed by atoms with Crippen molar-refractivity contribution >= 4 is 11.8 Å². The molecular formula is C24H23N3O5. The Morgan fingerprint density at radius 1 is 1.19 bits per heavy atom. The SMILES string of the molecule is CC1(C)OC2=CN(C(=O)COc3ccc(CNC(=O)c4ccc(C#N)cc4)cc3)CC2O1. The molecule has 32 heavy (non-hydrogen) atoms. The van der Waals surface area contributed by atoms with Crippen LogP contribution >= 0.6 is 0 Å². The summed E-state index contributed by atoms with van der Waals surface area (Å²) >= 11 is 0. The summed E-state index contributed by atoms with van der Waals surface area (Å²) in [6.07, 6.45) is 1.44. The van der Waals surface area contributed by atoms with Crippen LogP contribution < -0.4 is 10.1 Å². The predicted molar refractivity (Wildman–Crippen MR) is 114 cm³/mol. The molecule has 8 heteroatoms. The van der Waals surface area contributed by atoms with Crippen molar-refractivity contribution in [3.05, 3.63) is 77.2 Å². The first-order valence-electron chi connectivity index (χ1n) is 10.2. The third-order valence-electron chi connectivity index (χ3n) is 5.09. The van der Waals surface area contributed by atoms with Gasteiger partial charge in [0.25, 0.3) is 11.8 Å². The van der Waals surface area contributed by atoms with Gasteiger partial charge in [-0.05, 0) is 42.0 Å². The quantitative estimate of drug-likeness (QED) is 0.752. The molecule has 1 saturated heterocycles. The fraction of sp³-hybridized carbons (Fsp3) is 0.292. The van der Waals surface area contributed by atoms with Gasteiger partial charge in [0.05, 0.1) is 18.2 Å². The minimum Gasteiger partial charge on any atom is -0.484 e. The average molecular weight is 433 g/mol. The van der Waals surface area contributed by atoms with Crippen molar-refractivity contribution in [1.82, 2.24) is 10.2 Å². The van der Waals surface area contributed by atoms with E-state index in [1.165, 1.54) is 0 Å². The summed E-state index contributed by atoms with van der Waals surface area (Å²) in [5, 5.41) is 11.7. The van der Waals surface area contributed by atoms with Crippen LogP contribution in [0.15, 0.2) is 60.5 Å². The molecule has 1 N–H and O–H groups in total. The predicted octanol–water partition coefficient (Wildman–Crippen LogP) is 2.70. The van der Waals surface area contributed by atoms with Gasteiger partial charge in [0.15, 0.2) is 6.61 Å². The number of carbonyl (C=O) groups excluding carboxylic acids is 2. The van der Waals surface area contributed by atoms with Crippen molar-refractivity contribution in [1.29, 1.82) is 5.26 Å². The van der Waals surface area contributed by atoms with Crippen molar-refractivity contribution in [2.75, 3.05) is 13.2 Å². The standard InChI is InChI=1S/C24H23N3O5/c1-24(2)31-20-13-27(14-21(20)32-24)22(28)15-30-19-9-5-17(6-10-19)12-26-23(29)18-7-3-16(11-25)4-8-18/h3-10,13,21H,12,14-15H2,1-2H3,(H,26,29). The van der Waals surface area contributed by atoms with Crippen molar-refractivity contribution in [3.63, 3.8) is 0 Å². The van der Waals surface area contributed by atoms with E-state index in [1.807, 2.05) is 32.0 Å². The van der Waals surface area contributed by atoms with Crippen LogP contribution in [0.2, 0.25) is 0 Å². The van der Waals surface area contributed by atoms with E-state index < -0.39 is 5.79 Å². The number of amides is 2. The second-order valence-corrected chi connectivity index (χ2v) is 7.99. The highest BCUT2D eigenvalue weighted by Crippen LogP contribution is 2.35. The molecule has 2 aromatic carbocycles. The average Bonchev–Trinajstić information content (AvgIpc) is 3.30. The van der Waals surface area contributed by atoms with Crippen LogP contribution in [0.25, 0.3) is 0 Å². The highest BCUT2D eigenvalue weighted by atomic mass is 16.7. The molecule has 0 radical (unpaired) electrons. The number of nitriles is 1. The van der Waals surface area contributed by atoms with Gasteiger partial charge >= 0.3 is 0 Å². The zero-order valence-corrected chi connectivity index (χ0v) is 17.8. The Kier molecular flexibility index (Phi) is 5.84. The maximum absolute atomic E-state index is 12.4. The van der Waals surface area contributed by atoms with Gasteiger partial charge in [-0.3, -0.25) is 9.59 Å². The van der Waals surface area contributed by atoms with E-state index in [4.69, 9.17) is 19.5 Å². The van der Waals surface area contributed by atoms with Gasteiger partial charge in [0.1, 0.15) is 17.6 Å². The van der Waals surface area contributed by atoms with E-state index >= 15 is 0 Å². The monoisotopic (exact) mass is 433 g/mol. The van der Waals surface area contributed by atoms with E-state index in [-0.39, 0.29) is 24.5 Å². The Balaban J connectivity index is 1.23. The Labute approximate surface area is 186 Å². The number of hydrogen-bond acceptors (Lipinski definition) is 6. The van der Waals surface area contributed by atoms with Gasteiger partial charge in [-0.1, -0.05) is 12.1 Å². The lowest BCUT2D eigenvalue weighted by atomic mass is 10.1. The molecule has 1 atom stereocenters. The molecule has 2 aliphatic rings. The number of nitrogens with zero attached hydrogens (tertiary/aromatic N) is 2. The van der Waals surface area contributed by atoms with Crippen LogP contribution in [-0.4, -0.2) is 41.8 Å². The van der Waals surface area contributed by atoms with E-state index in [2.05, 4.69) is 5.32 Å². The highest BCUT2D eigenvalue weighted by Gasteiger charge is 2.43. The molecule has 0 spiro atoms. The smallest absolute Gasteiger partial charge is 0.264 e. The van der Waals surface area contributed by atoms with E-state index in [0.29, 0.717) is 35.7 Å². The second-order valence-electron chi connectivity index (χ2n) is 7.99. The van der Waals surface area contributed by atoms with Gasteiger partial charge in [0.2, 0.25) is 5.79 Å². The molecule has 2 aromatic rings. The fourth-order valence-corrected chi connectivity index (χ4v) is 3.48. The molecule has 2 aliphatic heterocycles. The normalized spacial score (nSPS) is 18.2. The lowest BCUT2D eigenvalue weighted by molar-refractivity contribution is -0.145. The van der Waals surface area contributed by atoms with Crippen LogP contribution in [0.5, 0.6) is 5.75 Å². The maximum atomic E-state index is 12.4. The van der Waals surface area contributed by atoms with Crippen molar-refractivity contribution < 1.29 is 23.8 Å². The van der Waals surface area contributed by atoms with Gasteiger partial charge in [-0.25, -0.2) is 0 Å². The lowest BCUT2D eigenvalue weighted by Gasteiger charge is -2.20. The number of ether oxygens (including phenoxy) is 3. The molecule has 0 aromatic heterocycles. The van der Waals surface area contributed by atoms with Gasteiger partial charge in [-0.2, -0.15) is 5.26 Å². The molecule has 0 saturated carbocycles. The molecule has 4 rings (SSSR count). The Bertz CT molecular complexity index is 1080. The first-order chi connectivity index (χ1) is 15.3. The Hall–Kier alpha value is -3.83. The van der Waals surface area contributed by atoms with Crippen LogP contribution in [0.1, 0.15) is 35.3 Å². The highest BCUT2D eigenvalue weighted by molar-refractivity contribution is 5.94. The zero-order chi connectivity index (χ0) is 22.7. The van der Waals surface area contributed by atoms with Crippen LogP contribution in [-0.2, 0) is 20.8 Å². The summed E-state index contributed by atoms with van der Waals surface area (Å²) in [6.45, 7) is 4.33. The molecule has 164 valence electrons. The Morgan fingerprint density at radius 2 is 1.91 bits per heavy atom. The van der Waals surface area contributed by atoms with Crippen molar-refractivity contribution in [2.24, 2.45) is 0 Å².